The first kappa shape index (κ1) is 32.1. The number of rotatable bonds is 12. The number of nitrogens with one attached hydrogen (secondary N) is 2. The van der Waals surface area contributed by atoms with E-state index in [9.17, 15) is 29.4 Å². The molecule has 19 heteroatoms. The summed E-state index contributed by atoms with van der Waals surface area (Å²) in [6.45, 7) is 4.07. The highest BCUT2D eigenvalue weighted by Gasteiger charge is 2.54. The number of thiazole rings is 1. The molecule has 3 aromatic heterocycles. The van der Waals surface area contributed by atoms with Gasteiger partial charge in [-0.15, -0.1) is 11.8 Å². The molecule has 16 nitrogen and oxygen atoms in total. The van der Waals surface area contributed by atoms with Crippen molar-refractivity contribution in [3.05, 3.63) is 46.0 Å². The fourth-order valence-electron chi connectivity index (χ4n) is 4.69. The molecule has 2 amide bonds. The van der Waals surface area contributed by atoms with Crippen molar-refractivity contribution in [1.82, 2.24) is 30.1 Å². The SMILES string of the molecule is CNCCn1cnc2c1ccc[n+]2CC1=C(C(=O)O)N2C(=O)C(NC(=O)/C(=N\OC(C)(C)C(=O)O)c3nc(N)sc3Cl)C2SC1. The Morgan fingerprint density at radius 1 is 1.33 bits per heavy atom. The summed E-state index contributed by atoms with van der Waals surface area (Å²) in [6.07, 6.45) is 3.52. The highest BCUT2D eigenvalue weighted by atomic mass is 35.5. The van der Waals surface area contributed by atoms with Crippen molar-refractivity contribution in [3.8, 4) is 0 Å². The van der Waals surface area contributed by atoms with E-state index in [2.05, 4.69) is 25.8 Å². The number of carbonyl (C=O) groups is 4. The van der Waals surface area contributed by atoms with Crippen LogP contribution in [-0.2, 0) is 37.1 Å². The van der Waals surface area contributed by atoms with E-state index in [1.54, 1.807) is 12.5 Å². The third-order valence-electron chi connectivity index (χ3n) is 7.07. The molecule has 0 spiro atoms. The van der Waals surface area contributed by atoms with Crippen LogP contribution >= 0.6 is 34.7 Å². The number of anilines is 1. The molecular formula is C26H29ClN9O7S2+. The molecule has 1 fully saturated rings. The monoisotopic (exact) mass is 678 g/mol. The minimum Gasteiger partial charge on any atom is -0.478 e. The van der Waals surface area contributed by atoms with Crippen molar-refractivity contribution in [1.29, 1.82) is 0 Å². The van der Waals surface area contributed by atoms with Crippen molar-refractivity contribution >= 4 is 80.5 Å². The molecule has 2 atom stereocenters. The Labute approximate surface area is 268 Å². The van der Waals surface area contributed by atoms with E-state index in [1.807, 2.05) is 28.3 Å². The second kappa shape index (κ2) is 12.6. The first-order valence-electron chi connectivity index (χ1n) is 13.4. The fraction of sp³-hybridized carbons (Fsp3) is 0.385. The number of β-lactam (4-membered cyclic amide) rings is 1. The number of nitrogen functional groups attached to an aromatic ring is 1. The zero-order valence-corrected chi connectivity index (χ0v) is 26.6. The van der Waals surface area contributed by atoms with Gasteiger partial charge < -0.3 is 36.0 Å². The van der Waals surface area contributed by atoms with Crippen LogP contribution in [0, 0.1) is 0 Å². The second-order valence-electron chi connectivity index (χ2n) is 10.5. The van der Waals surface area contributed by atoms with E-state index in [4.69, 9.17) is 22.2 Å². The van der Waals surface area contributed by atoms with Gasteiger partial charge in [0.2, 0.25) is 11.9 Å². The lowest BCUT2D eigenvalue weighted by molar-refractivity contribution is -0.664. The topological polar surface area (TPSA) is 218 Å². The molecule has 45 heavy (non-hydrogen) atoms. The molecule has 5 rings (SSSR count). The van der Waals surface area contributed by atoms with Crippen molar-refractivity contribution < 1.29 is 38.8 Å². The van der Waals surface area contributed by atoms with Crippen molar-refractivity contribution in [2.45, 2.75) is 44.0 Å². The van der Waals surface area contributed by atoms with Crippen molar-refractivity contribution in [2.75, 3.05) is 25.1 Å². The summed E-state index contributed by atoms with van der Waals surface area (Å²) in [5, 5.41) is 28.2. The molecule has 0 radical (unpaired) electrons. The summed E-state index contributed by atoms with van der Waals surface area (Å²) >= 11 is 8.35. The molecule has 0 saturated carbocycles. The van der Waals surface area contributed by atoms with Crippen LogP contribution in [0.25, 0.3) is 11.2 Å². The molecule has 3 aromatic rings. The number of imidazole rings is 1. The lowest BCUT2D eigenvalue weighted by Gasteiger charge is -2.49. The first-order valence-corrected chi connectivity index (χ1v) is 15.7. The molecule has 0 aromatic carbocycles. The van der Waals surface area contributed by atoms with E-state index < -0.39 is 46.5 Å². The Kier molecular flexibility index (Phi) is 9.02. The van der Waals surface area contributed by atoms with Crippen LogP contribution in [0.3, 0.4) is 0 Å². The predicted octanol–water partition coefficient (Wildman–Crippen LogP) is 0.258. The Morgan fingerprint density at radius 3 is 2.73 bits per heavy atom. The highest BCUT2D eigenvalue weighted by molar-refractivity contribution is 8.00. The number of hydrogen-bond acceptors (Lipinski definition) is 12. The zero-order valence-electron chi connectivity index (χ0n) is 24.2. The second-order valence-corrected chi connectivity index (χ2v) is 13.3. The molecule has 2 unspecified atom stereocenters. The number of pyridine rings is 1. The Balaban J connectivity index is 1.39. The predicted molar refractivity (Wildman–Crippen MR) is 164 cm³/mol. The number of fused-ring (bicyclic) bond motifs is 2. The number of carbonyl (C=O) groups excluding carboxylic acids is 2. The molecule has 5 heterocycles. The van der Waals surface area contributed by atoms with E-state index >= 15 is 0 Å². The number of hydrogen-bond donors (Lipinski definition) is 5. The number of aliphatic carboxylic acids is 2. The number of halogens is 1. The number of amides is 2. The third kappa shape index (κ3) is 6.18. The number of nitrogens with zero attached hydrogens (tertiary/aromatic N) is 6. The van der Waals surface area contributed by atoms with E-state index in [1.165, 1.54) is 25.6 Å². The maximum absolute atomic E-state index is 13.4. The lowest BCUT2D eigenvalue weighted by atomic mass is 10.0. The normalized spacial score (nSPS) is 18.5. The average molecular weight is 679 g/mol. The minimum atomic E-state index is -1.81. The van der Waals surface area contributed by atoms with E-state index in [0.29, 0.717) is 17.8 Å². The van der Waals surface area contributed by atoms with Crippen LogP contribution in [0.5, 0.6) is 0 Å². The number of oxime groups is 1. The fourth-order valence-corrected chi connectivity index (χ4v) is 6.96. The van der Waals surface area contributed by atoms with Crippen LogP contribution in [0.2, 0.25) is 4.34 Å². The van der Waals surface area contributed by atoms with Crippen LogP contribution in [0.1, 0.15) is 19.5 Å². The van der Waals surface area contributed by atoms with Crippen LogP contribution in [0.15, 0.2) is 41.1 Å². The lowest BCUT2D eigenvalue weighted by Crippen LogP contribution is -2.71. The van der Waals surface area contributed by atoms with Gasteiger partial charge >= 0.3 is 17.6 Å². The maximum atomic E-state index is 13.4. The molecule has 0 bridgehead atoms. The third-order valence-corrected chi connectivity index (χ3v) is 9.50. The molecule has 238 valence electrons. The van der Waals surface area contributed by atoms with Gasteiger partial charge in [-0.05, 0) is 38.0 Å². The summed E-state index contributed by atoms with van der Waals surface area (Å²) < 4.78 is 3.82. The Morgan fingerprint density at radius 2 is 2.09 bits per heavy atom. The first-order chi connectivity index (χ1) is 21.3. The van der Waals surface area contributed by atoms with Crippen molar-refractivity contribution in [3.63, 3.8) is 0 Å². The Bertz CT molecular complexity index is 1770. The number of carboxylic acids is 2. The summed E-state index contributed by atoms with van der Waals surface area (Å²) in [4.78, 5) is 65.5. The summed E-state index contributed by atoms with van der Waals surface area (Å²) in [6, 6.07) is 2.66. The Hall–Kier alpha value is -4.26. The van der Waals surface area contributed by atoms with Gasteiger partial charge in [0.1, 0.15) is 39.2 Å². The molecular weight excluding hydrogens is 650 g/mol. The summed E-state index contributed by atoms with van der Waals surface area (Å²) in [7, 11) is 1.86. The standard InChI is InChI=1S/C26H28ClN9O7S2/c1-26(2,24(41)42)43-33-15(14-18(27)45-25(28)32-14)20(37)31-16-21(38)36-17(23(39)40)12(10-44-22(16)36)9-34-7-4-5-13-19(34)30-11-35(13)8-6-29-3/h4-5,7,11,16,22,29H,6,8-10H2,1-3H3,(H4-,28,31,32,37,39,40,41,42)/p+1/b33-15-. The van der Waals surface area contributed by atoms with Gasteiger partial charge in [0.25, 0.3) is 11.8 Å². The van der Waals surface area contributed by atoms with Gasteiger partial charge in [-0.1, -0.05) is 28.1 Å². The van der Waals surface area contributed by atoms with Crippen LogP contribution < -0.4 is 20.9 Å². The van der Waals surface area contributed by atoms with Gasteiger partial charge in [0.15, 0.2) is 10.8 Å². The molecule has 6 N–H and O–H groups in total. The highest BCUT2D eigenvalue weighted by Crippen LogP contribution is 2.40. The van der Waals surface area contributed by atoms with E-state index in [0.717, 1.165) is 28.3 Å². The van der Waals surface area contributed by atoms with Crippen molar-refractivity contribution in [2.24, 2.45) is 5.16 Å². The van der Waals surface area contributed by atoms with Gasteiger partial charge in [-0.25, -0.2) is 19.1 Å². The number of thioether (sulfide) groups is 1. The molecule has 2 aliphatic rings. The van der Waals surface area contributed by atoms with Gasteiger partial charge in [-0.2, -0.15) is 0 Å². The quantitative estimate of drug-likeness (QED) is 0.0754. The summed E-state index contributed by atoms with van der Waals surface area (Å²) in [5.41, 5.74) is 5.14. The number of carboxylic acid groups (broad SMARTS) is 2. The van der Waals surface area contributed by atoms with Gasteiger partial charge in [0.05, 0.1) is 6.20 Å². The number of likely N-dealkylation sites (N-methyl/N-ethyl adjacent to an activating group) is 1. The van der Waals surface area contributed by atoms with E-state index in [-0.39, 0.29) is 33.2 Å². The zero-order chi connectivity index (χ0) is 32.6. The average Bonchev–Trinajstić information content (AvgIpc) is 3.56. The van der Waals surface area contributed by atoms with Crippen LogP contribution in [0.4, 0.5) is 5.13 Å². The summed E-state index contributed by atoms with van der Waals surface area (Å²) in [5.74, 6) is -3.96. The number of nitrogens with two attached hydrogens (primary N) is 1. The molecule has 1 saturated heterocycles. The number of aromatic nitrogens is 4. The smallest absolute Gasteiger partial charge is 0.352 e. The van der Waals surface area contributed by atoms with Crippen LogP contribution in [-0.4, -0.2) is 95.5 Å². The van der Waals surface area contributed by atoms with Gasteiger partial charge in [-0.3, -0.25) is 14.5 Å². The largest absolute Gasteiger partial charge is 0.478 e. The molecule has 0 aliphatic carbocycles. The van der Waals surface area contributed by atoms with Gasteiger partial charge in [0, 0.05) is 24.4 Å². The minimum absolute atomic E-state index is 0.00754. The molecule has 2 aliphatic heterocycles. The maximum Gasteiger partial charge on any atom is 0.352 e.